The SMILES string of the molecule is COc1ccc(C(CC(=O)OC(C)(C)C)n2ccc(/C=C/CC(C)O)n2)cn1. The Hall–Kier alpha value is -2.67. The summed E-state index contributed by atoms with van der Waals surface area (Å²) < 4.78 is 12.3. The van der Waals surface area contributed by atoms with Gasteiger partial charge in [-0.15, -0.1) is 0 Å². The highest BCUT2D eigenvalue weighted by molar-refractivity contribution is 5.71. The zero-order valence-corrected chi connectivity index (χ0v) is 17.1. The third-order valence-electron chi connectivity index (χ3n) is 3.85. The van der Waals surface area contributed by atoms with Crippen LogP contribution >= 0.6 is 0 Å². The third kappa shape index (κ3) is 6.81. The number of pyridine rings is 1. The van der Waals surface area contributed by atoms with Crippen LogP contribution in [-0.2, 0) is 9.53 Å². The molecule has 2 aromatic rings. The van der Waals surface area contributed by atoms with Gasteiger partial charge >= 0.3 is 5.97 Å². The molecule has 0 aliphatic carbocycles. The third-order valence-corrected chi connectivity index (χ3v) is 3.85. The van der Waals surface area contributed by atoms with Gasteiger partial charge in [0.25, 0.3) is 0 Å². The smallest absolute Gasteiger partial charge is 0.308 e. The number of hydrogen-bond acceptors (Lipinski definition) is 6. The number of aliphatic hydroxyl groups excluding tert-OH is 1. The van der Waals surface area contributed by atoms with Crippen molar-refractivity contribution >= 4 is 12.0 Å². The molecule has 7 heteroatoms. The van der Waals surface area contributed by atoms with Gasteiger partial charge in [0, 0.05) is 18.5 Å². The Morgan fingerprint density at radius 2 is 2.07 bits per heavy atom. The number of carbonyl (C=O) groups excluding carboxylic acids is 1. The topological polar surface area (TPSA) is 86.5 Å². The van der Waals surface area contributed by atoms with E-state index < -0.39 is 11.7 Å². The highest BCUT2D eigenvalue weighted by Gasteiger charge is 2.24. The number of carbonyl (C=O) groups is 1. The summed E-state index contributed by atoms with van der Waals surface area (Å²) in [6, 6.07) is 5.13. The van der Waals surface area contributed by atoms with Crippen molar-refractivity contribution in [3.8, 4) is 5.88 Å². The van der Waals surface area contributed by atoms with Crippen LogP contribution in [0.15, 0.2) is 36.7 Å². The van der Waals surface area contributed by atoms with E-state index in [1.807, 2.05) is 51.3 Å². The molecule has 0 aliphatic rings. The van der Waals surface area contributed by atoms with Crippen LogP contribution in [0, 0.1) is 0 Å². The fourth-order valence-corrected chi connectivity index (χ4v) is 2.62. The van der Waals surface area contributed by atoms with Gasteiger partial charge in [0.1, 0.15) is 5.60 Å². The number of ether oxygens (including phenoxy) is 2. The Labute approximate surface area is 166 Å². The van der Waals surface area contributed by atoms with Gasteiger partial charge in [-0.2, -0.15) is 5.10 Å². The number of esters is 1. The van der Waals surface area contributed by atoms with E-state index in [2.05, 4.69) is 10.1 Å². The summed E-state index contributed by atoms with van der Waals surface area (Å²) in [5, 5.41) is 13.9. The quantitative estimate of drug-likeness (QED) is 0.699. The zero-order valence-electron chi connectivity index (χ0n) is 17.1. The normalized spacial score (nSPS) is 14.1. The van der Waals surface area contributed by atoms with Crippen molar-refractivity contribution in [2.24, 2.45) is 0 Å². The molecule has 2 atom stereocenters. The van der Waals surface area contributed by atoms with E-state index in [1.165, 1.54) is 0 Å². The van der Waals surface area contributed by atoms with Crippen LogP contribution in [0.3, 0.4) is 0 Å². The van der Waals surface area contributed by atoms with Crippen molar-refractivity contribution in [2.75, 3.05) is 7.11 Å². The van der Waals surface area contributed by atoms with Gasteiger partial charge in [-0.25, -0.2) is 4.98 Å². The highest BCUT2D eigenvalue weighted by Crippen LogP contribution is 2.24. The largest absolute Gasteiger partial charge is 0.481 e. The van der Waals surface area contributed by atoms with Crippen LogP contribution in [0.25, 0.3) is 6.08 Å². The van der Waals surface area contributed by atoms with Crippen LogP contribution in [0.1, 0.15) is 57.8 Å². The number of rotatable bonds is 8. The van der Waals surface area contributed by atoms with E-state index in [4.69, 9.17) is 9.47 Å². The van der Waals surface area contributed by atoms with Crippen LogP contribution in [-0.4, -0.2) is 44.7 Å². The van der Waals surface area contributed by atoms with Crippen molar-refractivity contribution in [1.82, 2.24) is 14.8 Å². The lowest BCUT2D eigenvalue weighted by molar-refractivity contribution is -0.155. The molecule has 0 aliphatic heterocycles. The van der Waals surface area contributed by atoms with E-state index in [0.29, 0.717) is 12.3 Å². The molecule has 2 rings (SSSR count). The maximum Gasteiger partial charge on any atom is 0.308 e. The van der Waals surface area contributed by atoms with Crippen molar-refractivity contribution in [3.63, 3.8) is 0 Å². The standard InChI is InChI=1S/C21H29N3O4/c1-15(25)7-6-8-17-11-12-24(23-17)18(13-20(26)28-21(2,3)4)16-9-10-19(27-5)22-14-16/h6,8-12,14-15,18,25H,7,13H2,1-5H3/b8-6+. The lowest BCUT2D eigenvalue weighted by Gasteiger charge is -2.22. The van der Waals surface area contributed by atoms with Gasteiger partial charge in [-0.1, -0.05) is 6.08 Å². The van der Waals surface area contributed by atoms with Gasteiger partial charge in [0.05, 0.1) is 31.4 Å². The summed E-state index contributed by atoms with van der Waals surface area (Å²) in [6.07, 6.45) is 7.50. The first-order valence-corrected chi connectivity index (χ1v) is 9.29. The number of methoxy groups -OCH3 is 1. The first-order valence-electron chi connectivity index (χ1n) is 9.29. The maximum atomic E-state index is 12.4. The lowest BCUT2D eigenvalue weighted by atomic mass is 10.1. The molecule has 0 saturated heterocycles. The molecule has 0 bridgehead atoms. The van der Waals surface area contributed by atoms with E-state index >= 15 is 0 Å². The molecule has 0 fully saturated rings. The zero-order chi connectivity index (χ0) is 20.7. The summed E-state index contributed by atoms with van der Waals surface area (Å²) in [7, 11) is 1.56. The molecule has 0 radical (unpaired) electrons. The molecule has 2 aromatic heterocycles. The number of hydrogen-bond donors (Lipinski definition) is 1. The van der Waals surface area contributed by atoms with Crippen molar-refractivity contribution in [2.45, 2.75) is 58.3 Å². The Kier molecular flexibility index (Phi) is 7.34. The van der Waals surface area contributed by atoms with Gasteiger partial charge in [0.2, 0.25) is 5.88 Å². The fraction of sp³-hybridized carbons (Fsp3) is 0.476. The summed E-state index contributed by atoms with van der Waals surface area (Å²) in [5.41, 5.74) is 1.02. The Morgan fingerprint density at radius 1 is 1.32 bits per heavy atom. The minimum absolute atomic E-state index is 0.129. The van der Waals surface area contributed by atoms with Crippen LogP contribution in [0.2, 0.25) is 0 Å². The minimum atomic E-state index is -0.557. The number of aliphatic hydroxyl groups is 1. The Balaban J connectivity index is 2.26. The van der Waals surface area contributed by atoms with Gasteiger partial charge in [-0.3, -0.25) is 9.48 Å². The molecule has 2 unspecified atom stereocenters. The molecule has 1 N–H and O–H groups in total. The molecule has 0 amide bonds. The molecule has 152 valence electrons. The molecule has 0 spiro atoms. The Morgan fingerprint density at radius 3 is 2.64 bits per heavy atom. The van der Waals surface area contributed by atoms with E-state index in [0.717, 1.165) is 11.3 Å². The molecule has 0 aromatic carbocycles. The summed E-state index contributed by atoms with van der Waals surface area (Å²) in [5.74, 6) is 0.192. The number of nitrogens with zero attached hydrogens (tertiary/aromatic N) is 3. The van der Waals surface area contributed by atoms with Gasteiger partial charge in [-0.05, 0) is 57.9 Å². The summed E-state index contributed by atoms with van der Waals surface area (Å²) in [4.78, 5) is 16.7. The Bertz CT molecular complexity index is 789. The summed E-state index contributed by atoms with van der Waals surface area (Å²) in [6.45, 7) is 7.26. The maximum absolute atomic E-state index is 12.4. The van der Waals surface area contributed by atoms with Crippen LogP contribution < -0.4 is 4.74 Å². The minimum Gasteiger partial charge on any atom is -0.481 e. The van der Waals surface area contributed by atoms with Crippen molar-refractivity contribution in [3.05, 3.63) is 47.9 Å². The first-order chi connectivity index (χ1) is 13.2. The van der Waals surface area contributed by atoms with Gasteiger partial charge in [0.15, 0.2) is 0 Å². The van der Waals surface area contributed by atoms with E-state index in [1.54, 1.807) is 31.0 Å². The fourth-order valence-electron chi connectivity index (χ4n) is 2.62. The van der Waals surface area contributed by atoms with E-state index in [9.17, 15) is 9.90 Å². The van der Waals surface area contributed by atoms with Crippen molar-refractivity contribution in [1.29, 1.82) is 0 Å². The molecule has 28 heavy (non-hydrogen) atoms. The monoisotopic (exact) mass is 387 g/mol. The van der Waals surface area contributed by atoms with Gasteiger partial charge < -0.3 is 14.6 Å². The molecule has 2 heterocycles. The second kappa shape index (κ2) is 9.50. The highest BCUT2D eigenvalue weighted by atomic mass is 16.6. The molecule has 7 nitrogen and oxygen atoms in total. The van der Waals surface area contributed by atoms with Crippen LogP contribution in [0.4, 0.5) is 0 Å². The first kappa shape index (κ1) is 21.6. The van der Waals surface area contributed by atoms with Crippen LogP contribution in [0.5, 0.6) is 5.88 Å². The van der Waals surface area contributed by atoms with E-state index in [-0.39, 0.29) is 18.4 Å². The predicted molar refractivity (Wildman–Crippen MR) is 107 cm³/mol. The molecule has 0 saturated carbocycles. The second-order valence-electron chi connectivity index (χ2n) is 7.65. The molecular formula is C21H29N3O4. The average molecular weight is 387 g/mol. The lowest BCUT2D eigenvalue weighted by Crippen LogP contribution is -2.26. The average Bonchev–Trinajstić information content (AvgIpc) is 3.06. The second-order valence-corrected chi connectivity index (χ2v) is 7.65. The van der Waals surface area contributed by atoms with Crippen molar-refractivity contribution < 1.29 is 19.4 Å². The molecular weight excluding hydrogens is 358 g/mol. The predicted octanol–water partition coefficient (Wildman–Crippen LogP) is 3.39. The number of aromatic nitrogens is 3. The summed E-state index contributed by atoms with van der Waals surface area (Å²) >= 11 is 0.